The highest BCUT2D eigenvalue weighted by Gasteiger charge is 2.00. The van der Waals surface area contributed by atoms with E-state index in [1.165, 1.54) is 0 Å². The third-order valence-corrected chi connectivity index (χ3v) is 1.81. The van der Waals surface area contributed by atoms with Crippen molar-refractivity contribution >= 4 is 21.8 Å². The van der Waals surface area contributed by atoms with Gasteiger partial charge in [-0.05, 0) is 22.8 Å². The minimum Gasteiger partial charge on any atom is -0.410 e. The lowest BCUT2D eigenvalue weighted by Crippen LogP contribution is -1.94. The molecule has 1 rings (SSSR count). The standard InChI is InChI=1S/C7H5BrN4O/c8-6-3-1-2-5(4-6)7(11-13)10-12-9/h1-4,13H/b11-7-. The van der Waals surface area contributed by atoms with Gasteiger partial charge < -0.3 is 5.21 Å². The molecule has 0 aromatic heterocycles. The van der Waals surface area contributed by atoms with Gasteiger partial charge in [-0.25, -0.2) is 0 Å². The number of nitrogens with zero attached hydrogens (tertiary/aromatic N) is 4. The fourth-order valence-electron chi connectivity index (χ4n) is 0.805. The van der Waals surface area contributed by atoms with Crippen molar-refractivity contribution in [1.29, 1.82) is 0 Å². The molecule has 0 radical (unpaired) electrons. The smallest absolute Gasteiger partial charge is 0.173 e. The van der Waals surface area contributed by atoms with Gasteiger partial charge in [0.2, 0.25) is 0 Å². The van der Waals surface area contributed by atoms with Crippen molar-refractivity contribution in [3.8, 4) is 0 Å². The summed E-state index contributed by atoms with van der Waals surface area (Å²) in [5.74, 6) is -0.0520. The lowest BCUT2D eigenvalue weighted by molar-refractivity contribution is 0.318. The molecule has 0 aliphatic heterocycles. The van der Waals surface area contributed by atoms with E-state index in [0.29, 0.717) is 5.56 Å². The second-order valence-corrected chi connectivity index (χ2v) is 3.04. The Bertz CT molecular complexity index is 384. The number of hydrogen-bond acceptors (Lipinski definition) is 2. The molecule has 0 saturated heterocycles. The summed E-state index contributed by atoms with van der Waals surface area (Å²) in [6.45, 7) is 0. The van der Waals surface area contributed by atoms with Crippen molar-refractivity contribution in [2.45, 2.75) is 0 Å². The van der Waals surface area contributed by atoms with Crippen LogP contribution in [0.1, 0.15) is 5.56 Å². The number of benzene rings is 1. The Morgan fingerprint density at radius 3 is 2.85 bits per heavy atom. The summed E-state index contributed by atoms with van der Waals surface area (Å²) in [5, 5.41) is 14.6. The lowest BCUT2D eigenvalue weighted by atomic mass is 10.2. The normalized spacial score (nSPS) is 10.7. The van der Waals surface area contributed by atoms with Crippen LogP contribution in [0.2, 0.25) is 0 Å². The van der Waals surface area contributed by atoms with E-state index in [1.54, 1.807) is 18.2 Å². The molecule has 0 aliphatic rings. The molecular weight excluding hydrogens is 236 g/mol. The number of amidine groups is 1. The number of oxime groups is 1. The molecule has 0 fully saturated rings. The van der Waals surface area contributed by atoms with Crippen molar-refractivity contribution in [3.63, 3.8) is 0 Å². The number of hydrogen-bond donors (Lipinski definition) is 1. The molecule has 0 spiro atoms. The molecule has 0 amide bonds. The monoisotopic (exact) mass is 240 g/mol. The quantitative estimate of drug-likeness (QED) is 0.153. The van der Waals surface area contributed by atoms with E-state index in [9.17, 15) is 0 Å². The summed E-state index contributed by atoms with van der Waals surface area (Å²) in [6, 6.07) is 6.92. The number of rotatable bonds is 1. The molecule has 1 aromatic rings. The number of halogens is 1. The summed E-state index contributed by atoms with van der Waals surface area (Å²) in [4.78, 5) is 2.53. The highest BCUT2D eigenvalue weighted by molar-refractivity contribution is 9.10. The largest absolute Gasteiger partial charge is 0.410 e. The van der Waals surface area contributed by atoms with Crippen molar-refractivity contribution in [3.05, 3.63) is 44.7 Å². The van der Waals surface area contributed by atoms with E-state index >= 15 is 0 Å². The molecule has 6 heteroatoms. The van der Waals surface area contributed by atoms with Gasteiger partial charge in [-0.15, -0.1) is 0 Å². The Labute approximate surface area is 82.4 Å². The molecule has 0 aliphatic carbocycles. The molecule has 0 saturated carbocycles. The molecule has 0 atom stereocenters. The molecular formula is C7H5BrN4O. The van der Waals surface area contributed by atoms with Crippen LogP contribution in [0.4, 0.5) is 0 Å². The third-order valence-electron chi connectivity index (χ3n) is 1.32. The number of azide groups is 1. The Morgan fingerprint density at radius 2 is 2.31 bits per heavy atom. The first-order valence-corrected chi connectivity index (χ1v) is 4.10. The predicted molar refractivity (Wildman–Crippen MR) is 51.6 cm³/mol. The summed E-state index contributed by atoms with van der Waals surface area (Å²) in [5.41, 5.74) is 8.70. The molecule has 1 aromatic carbocycles. The first kappa shape index (κ1) is 9.57. The minimum absolute atomic E-state index is 0.0520. The van der Waals surface area contributed by atoms with Gasteiger partial charge in [-0.2, -0.15) is 0 Å². The van der Waals surface area contributed by atoms with Gasteiger partial charge in [0, 0.05) is 14.9 Å². The van der Waals surface area contributed by atoms with Crippen LogP contribution in [-0.4, -0.2) is 11.0 Å². The Morgan fingerprint density at radius 1 is 1.54 bits per heavy atom. The average molecular weight is 241 g/mol. The molecule has 0 bridgehead atoms. The van der Waals surface area contributed by atoms with Crippen LogP contribution < -0.4 is 0 Å². The Kier molecular flexibility index (Phi) is 3.31. The lowest BCUT2D eigenvalue weighted by Gasteiger charge is -1.97. The van der Waals surface area contributed by atoms with E-state index in [4.69, 9.17) is 10.7 Å². The highest BCUT2D eigenvalue weighted by Crippen LogP contribution is 2.12. The summed E-state index contributed by atoms with van der Waals surface area (Å²) < 4.78 is 0.819. The van der Waals surface area contributed by atoms with Gasteiger partial charge in [0.1, 0.15) is 0 Å². The summed E-state index contributed by atoms with van der Waals surface area (Å²) >= 11 is 3.24. The van der Waals surface area contributed by atoms with Gasteiger partial charge >= 0.3 is 0 Å². The van der Waals surface area contributed by atoms with E-state index in [2.05, 4.69) is 31.1 Å². The minimum atomic E-state index is -0.0520. The van der Waals surface area contributed by atoms with Gasteiger partial charge in [0.15, 0.2) is 5.84 Å². The molecule has 1 N–H and O–H groups in total. The third kappa shape index (κ3) is 2.47. The van der Waals surface area contributed by atoms with Gasteiger partial charge in [0.05, 0.1) is 0 Å². The maximum atomic E-state index is 8.51. The Balaban J connectivity index is 3.13. The fourth-order valence-corrected chi connectivity index (χ4v) is 1.20. The van der Waals surface area contributed by atoms with Crippen LogP contribution in [0.3, 0.4) is 0 Å². The van der Waals surface area contributed by atoms with Crippen molar-refractivity contribution in [1.82, 2.24) is 0 Å². The summed E-state index contributed by atoms with van der Waals surface area (Å²) in [7, 11) is 0. The van der Waals surface area contributed by atoms with Crippen LogP contribution in [0, 0.1) is 0 Å². The second-order valence-electron chi connectivity index (χ2n) is 2.12. The van der Waals surface area contributed by atoms with Crippen molar-refractivity contribution in [2.75, 3.05) is 0 Å². The zero-order valence-electron chi connectivity index (χ0n) is 6.42. The zero-order valence-corrected chi connectivity index (χ0v) is 8.01. The highest BCUT2D eigenvalue weighted by atomic mass is 79.9. The maximum Gasteiger partial charge on any atom is 0.173 e. The van der Waals surface area contributed by atoms with E-state index in [0.717, 1.165) is 4.47 Å². The molecule has 0 unspecified atom stereocenters. The summed E-state index contributed by atoms with van der Waals surface area (Å²) in [6.07, 6.45) is 0. The van der Waals surface area contributed by atoms with E-state index in [1.807, 2.05) is 6.07 Å². The molecule has 0 heterocycles. The van der Waals surface area contributed by atoms with Crippen LogP contribution in [0.15, 0.2) is 39.0 Å². The van der Waals surface area contributed by atoms with Crippen LogP contribution in [0.5, 0.6) is 0 Å². The van der Waals surface area contributed by atoms with Crippen LogP contribution in [-0.2, 0) is 0 Å². The first-order chi connectivity index (χ1) is 6.27. The van der Waals surface area contributed by atoms with E-state index < -0.39 is 0 Å². The fraction of sp³-hybridized carbons (Fsp3) is 0. The van der Waals surface area contributed by atoms with Gasteiger partial charge in [-0.1, -0.05) is 33.2 Å². The average Bonchev–Trinajstić information content (AvgIpc) is 2.14. The second kappa shape index (κ2) is 4.49. The van der Waals surface area contributed by atoms with Crippen LogP contribution >= 0.6 is 15.9 Å². The first-order valence-electron chi connectivity index (χ1n) is 3.31. The predicted octanol–water partition coefficient (Wildman–Crippen LogP) is 2.90. The molecule has 13 heavy (non-hydrogen) atoms. The SMILES string of the molecule is [N-]=[N+]=N/C(=N\O)c1cccc(Br)c1. The van der Waals surface area contributed by atoms with Crippen LogP contribution in [0.25, 0.3) is 10.4 Å². The maximum absolute atomic E-state index is 8.51. The van der Waals surface area contributed by atoms with Crippen molar-refractivity contribution < 1.29 is 5.21 Å². The van der Waals surface area contributed by atoms with Crippen molar-refractivity contribution in [2.24, 2.45) is 10.3 Å². The van der Waals surface area contributed by atoms with E-state index in [-0.39, 0.29) is 5.84 Å². The zero-order chi connectivity index (χ0) is 9.68. The topological polar surface area (TPSA) is 81.4 Å². The van der Waals surface area contributed by atoms with Gasteiger partial charge in [0.25, 0.3) is 0 Å². The molecule has 5 nitrogen and oxygen atoms in total. The molecule has 66 valence electrons. The Hall–Kier alpha value is -1.52. The van der Waals surface area contributed by atoms with Gasteiger partial charge in [-0.3, -0.25) is 0 Å².